The maximum Gasteiger partial charge on any atom is 0.258 e. The topological polar surface area (TPSA) is 78.2 Å². The van der Waals surface area contributed by atoms with Crippen molar-refractivity contribution in [3.63, 3.8) is 0 Å². The van der Waals surface area contributed by atoms with E-state index in [4.69, 9.17) is 4.42 Å². The summed E-state index contributed by atoms with van der Waals surface area (Å²) in [6.07, 6.45) is 3.32. The van der Waals surface area contributed by atoms with Crippen LogP contribution in [0, 0.1) is 0 Å². The number of aromatic nitrogens is 5. The molecular weight excluding hydrogens is 466 g/mol. The van der Waals surface area contributed by atoms with Gasteiger partial charge >= 0.3 is 0 Å². The van der Waals surface area contributed by atoms with Crippen LogP contribution in [0.4, 0.5) is 0 Å². The van der Waals surface area contributed by atoms with E-state index < -0.39 is 0 Å². The second kappa shape index (κ2) is 7.92. The number of halogens is 1. The summed E-state index contributed by atoms with van der Waals surface area (Å²) in [5, 5.41) is 9.38. The Morgan fingerprint density at radius 2 is 1.90 bits per heavy atom. The van der Waals surface area contributed by atoms with Crippen molar-refractivity contribution in [3.05, 3.63) is 93.6 Å². The van der Waals surface area contributed by atoms with Crippen LogP contribution in [-0.4, -0.2) is 24.1 Å². The van der Waals surface area contributed by atoms with E-state index in [1.807, 2.05) is 53.1 Å². The Kier molecular flexibility index (Phi) is 4.97. The number of hydrogen-bond acceptors (Lipinski definition) is 6. The van der Waals surface area contributed by atoms with Crippen LogP contribution in [-0.2, 0) is 5.75 Å². The zero-order chi connectivity index (χ0) is 20.5. The van der Waals surface area contributed by atoms with Gasteiger partial charge in [-0.2, -0.15) is 0 Å². The Bertz CT molecular complexity index is 1380. The maximum atomic E-state index is 12.5. The molecular formula is C21H14BrN5O2S. The minimum absolute atomic E-state index is 0.127. The smallest absolute Gasteiger partial charge is 0.258 e. The zero-order valence-electron chi connectivity index (χ0n) is 15.5. The molecule has 148 valence electrons. The van der Waals surface area contributed by atoms with Gasteiger partial charge < -0.3 is 4.42 Å². The van der Waals surface area contributed by atoms with Crippen LogP contribution in [0.3, 0.4) is 0 Å². The average Bonchev–Trinajstić information content (AvgIpc) is 3.43. The molecule has 0 fully saturated rings. The third kappa shape index (κ3) is 3.57. The SMILES string of the molecule is O=c1cc(CSc2nnc(-c3ccco3)n2-c2ccccc2)nc2ccc(Br)cn12. The first-order chi connectivity index (χ1) is 14.7. The van der Waals surface area contributed by atoms with Crippen molar-refractivity contribution in [2.45, 2.75) is 10.9 Å². The Balaban J connectivity index is 1.51. The largest absolute Gasteiger partial charge is 0.461 e. The molecule has 0 radical (unpaired) electrons. The van der Waals surface area contributed by atoms with Crippen molar-refractivity contribution >= 4 is 33.3 Å². The van der Waals surface area contributed by atoms with Crippen LogP contribution in [0.25, 0.3) is 22.9 Å². The fourth-order valence-corrected chi connectivity index (χ4v) is 4.26. The summed E-state index contributed by atoms with van der Waals surface area (Å²) in [4.78, 5) is 17.1. The number of thioether (sulfide) groups is 1. The van der Waals surface area contributed by atoms with E-state index in [1.165, 1.54) is 16.2 Å². The highest BCUT2D eigenvalue weighted by Crippen LogP contribution is 2.29. The standard InChI is InChI=1S/C21H14BrN5O2S/c22-14-8-9-18-23-15(11-19(28)26(18)12-14)13-30-21-25-24-20(17-7-4-10-29-17)27(21)16-5-2-1-3-6-16/h1-12H,13H2. The highest BCUT2D eigenvalue weighted by Gasteiger charge is 2.18. The summed E-state index contributed by atoms with van der Waals surface area (Å²) in [6.45, 7) is 0. The monoisotopic (exact) mass is 479 g/mol. The molecule has 9 heteroatoms. The van der Waals surface area contributed by atoms with Gasteiger partial charge in [0.15, 0.2) is 10.9 Å². The molecule has 4 aromatic heterocycles. The molecule has 0 saturated carbocycles. The Hall–Kier alpha value is -3.17. The van der Waals surface area contributed by atoms with Gasteiger partial charge in [-0.1, -0.05) is 30.0 Å². The number of para-hydroxylation sites is 1. The molecule has 0 saturated heterocycles. The molecule has 0 aliphatic heterocycles. The fraction of sp³-hybridized carbons (Fsp3) is 0.0476. The molecule has 0 amide bonds. The van der Waals surface area contributed by atoms with Crippen LogP contribution in [0.5, 0.6) is 0 Å². The molecule has 5 aromatic rings. The van der Waals surface area contributed by atoms with Crippen molar-refractivity contribution in [1.29, 1.82) is 0 Å². The van der Waals surface area contributed by atoms with E-state index in [9.17, 15) is 4.79 Å². The molecule has 4 heterocycles. The van der Waals surface area contributed by atoms with Crippen molar-refractivity contribution in [2.75, 3.05) is 0 Å². The summed E-state index contributed by atoms with van der Waals surface area (Å²) in [7, 11) is 0. The Morgan fingerprint density at radius 3 is 2.70 bits per heavy atom. The molecule has 0 spiro atoms. The molecule has 1 aromatic carbocycles. The van der Waals surface area contributed by atoms with Gasteiger partial charge in [0.05, 0.1) is 12.0 Å². The number of nitrogens with zero attached hydrogens (tertiary/aromatic N) is 5. The Labute approximate surface area is 183 Å². The van der Waals surface area contributed by atoms with Gasteiger partial charge in [-0.05, 0) is 52.3 Å². The third-order valence-electron chi connectivity index (χ3n) is 4.42. The second-order valence-corrected chi connectivity index (χ2v) is 8.26. The zero-order valence-corrected chi connectivity index (χ0v) is 17.9. The third-order valence-corrected chi connectivity index (χ3v) is 5.85. The fourth-order valence-electron chi connectivity index (χ4n) is 3.08. The lowest BCUT2D eigenvalue weighted by molar-refractivity contribution is 0.575. The van der Waals surface area contributed by atoms with Crippen LogP contribution >= 0.6 is 27.7 Å². The number of hydrogen-bond donors (Lipinski definition) is 0. The lowest BCUT2D eigenvalue weighted by atomic mass is 10.3. The van der Waals surface area contributed by atoms with Crippen molar-refractivity contribution in [3.8, 4) is 17.3 Å². The van der Waals surface area contributed by atoms with Crippen LogP contribution < -0.4 is 5.56 Å². The first-order valence-corrected chi connectivity index (χ1v) is 10.8. The number of pyridine rings is 1. The number of furan rings is 1. The first kappa shape index (κ1) is 18.8. The lowest BCUT2D eigenvalue weighted by Gasteiger charge is -2.09. The van der Waals surface area contributed by atoms with E-state index in [0.717, 1.165) is 10.2 Å². The van der Waals surface area contributed by atoms with E-state index in [2.05, 4.69) is 31.1 Å². The van der Waals surface area contributed by atoms with Gasteiger partial charge in [0.2, 0.25) is 5.82 Å². The van der Waals surface area contributed by atoms with E-state index >= 15 is 0 Å². The average molecular weight is 480 g/mol. The van der Waals surface area contributed by atoms with Crippen molar-refractivity contribution < 1.29 is 4.42 Å². The van der Waals surface area contributed by atoms with Gasteiger partial charge in [0, 0.05) is 28.2 Å². The summed E-state index contributed by atoms with van der Waals surface area (Å²) in [6, 6.07) is 18.7. The van der Waals surface area contributed by atoms with Crippen molar-refractivity contribution in [2.24, 2.45) is 0 Å². The van der Waals surface area contributed by atoms with Gasteiger partial charge in [-0.25, -0.2) is 4.98 Å². The lowest BCUT2D eigenvalue weighted by Crippen LogP contribution is -2.15. The highest BCUT2D eigenvalue weighted by atomic mass is 79.9. The molecule has 0 N–H and O–H groups in total. The van der Waals surface area contributed by atoms with Crippen molar-refractivity contribution in [1.82, 2.24) is 24.1 Å². The first-order valence-electron chi connectivity index (χ1n) is 9.04. The summed E-state index contributed by atoms with van der Waals surface area (Å²) in [5.74, 6) is 1.72. The molecule has 0 bridgehead atoms. The highest BCUT2D eigenvalue weighted by molar-refractivity contribution is 9.10. The quantitative estimate of drug-likeness (QED) is 0.343. The molecule has 0 atom stereocenters. The van der Waals surface area contributed by atoms with E-state index in [-0.39, 0.29) is 5.56 Å². The normalized spacial score (nSPS) is 11.2. The van der Waals surface area contributed by atoms with Gasteiger partial charge in [0.25, 0.3) is 5.56 Å². The van der Waals surface area contributed by atoms with E-state index in [0.29, 0.717) is 33.8 Å². The predicted octanol–water partition coefficient (Wildman–Crippen LogP) is 4.59. The predicted molar refractivity (Wildman–Crippen MR) is 118 cm³/mol. The number of benzene rings is 1. The van der Waals surface area contributed by atoms with Gasteiger partial charge in [-0.15, -0.1) is 10.2 Å². The molecule has 5 rings (SSSR count). The van der Waals surface area contributed by atoms with E-state index in [1.54, 1.807) is 24.6 Å². The molecule has 0 unspecified atom stereocenters. The summed E-state index contributed by atoms with van der Waals surface area (Å²) >= 11 is 4.84. The molecule has 30 heavy (non-hydrogen) atoms. The van der Waals surface area contributed by atoms with Crippen LogP contribution in [0.2, 0.25) is 0 Å². The Morgan fingerprint density at radius 1 is 1.03 bits per heavy atom. The van der Waals surface area contributed by atoms with Crippen LogP contribution in [0.15, 0.2) is 92.0 Å². The van der Waals surface area contributed by atoms with Gasteiger partial charge in [-0.3, -0.25) is 13.8 Å². The summed E-state index contributed by atoms with van der Waals surface area (Å²) in [5.41, 5.74) is 2.07. The second-order valence-electron chi connectivity index (χ2n) is 6.40. The molecule has 0 aliphatic rings. The number of fused-ring (bicyclic) bond motifs is 1. The number of rotatable bonds is 5. The minimum atomic E-state index is -0.127. The van der Waals surface area contributed by atoms with Gasteiger partial charge in [0.1, 0.15) is 5.65 Å². The maximum absolute atomic E-state index is 12.5. The molecule has 7 nitrogen and oxygen atoms in total. The van der Waals surface area contributed by atoms with Crippen LogP contribution in [0.1, 0.15) is 5.69 Å². The summed E-state index contributed by atoms with van der Waals surface area (Å²) < 4.78 is 9.81. The molecule has 0 aliphatic carbocycles. The minimum Gasteiger partial charge on any atom is -0.461 e.